The van der Waals surface area contributed by atoms with Crippen LogP contribution < -0.4 is 0 Å². The number of para-hydroxylation sites is 5. The van der Waals surface area contributed by atoms with E-state index in [1.807, 2.05) is 12.1 Å². The van der Waals surface area contributed by atoms with Crippen molar-refractivity contribution in [2.24, 2.45) is 0 Å². The molecule has 11 rings (SSSR count). The molecule has 0 N–H and O–H groups in total. The Labute approximate surface area is 311 Å². The molecule has 4 nitrogen and oxygen atoms in total. The average Bonchev–Trinajstić information content (AvgIpc) is 3.81. The van der Waals surface area contributed by atoms with Crippen LogP contribution in [0.1, 0.15) is 0 Å². The Bertz CT molecular complexity index is 3190. The van der Waals surface area contributed by atoms with Gasteiger partial charge in [0.25, 0.3) is 0 Å². The van der Waals surface area contributed by atoms with Crippen LogP contribution in [0.5, 0.6) is 0 Å². The third-order valence-electron chi connectivity index (χ3n) is 10.7. The number of aromatic nitrogens is 4. The van der Waals surface area contributed by atoms with E-state index in [0.717, 1.165) is 72.5 Å². The van der Waals surface area contributed by atoms with Crippen molar-refractivity contribution in [3.8, 4) is 45.1 Å². The highest BCUT2D eigenvalue weighted by atomic mass is 15.1. The Balaban J connectivity index is 1.10. The van der Waals surface area contributed by atoms with Gasteiger partial charge in [-0.3, -0.25) is 4.57 Å². The van der Waals surface area contributed by atoms with Gasteiger partial charge in [-0.15, -0.1) is 0 Å². The van der Waals surface area contributed by atoms with Gasteiger partial charge in [0.2, 0.25) is 0 Å². The van der Waals surface area contributed by atoms with Crippen LogP contribution in [0.2, 0.25) is 0 Å². The lowest BCUT2D eigenvalue weighted by Crippen LogP contribution is -1.97. The van der Waals surface area contributed by atoms with Crippen molar-refractivity contribution >= 4 is 54.5 Å². The number of fused-ring (bicyclic) bond motifs is 8. The van der Waals surface area contributed by atoms with Gasteiger partial charge >= 0.3 is 0 Å². The lowest BCUT2D eigenvalue weighted by atomic mass is 9.97. The van der Waals surface area contributed by atoms with Crippen molar-refractivity contribution in [2.75, 3.05) is 0 Å². The van der Waals surface area contributed by atoms with E-state index in [1.54, 1.807) is 0 Å². The van der Waals surface area contributed by atoms with Crippen LogP contribution in [0.4, 0.5) is 0 Å². The van der Waals surface area contributed by atoms with E-state index >= 15 is 0 Å². The number of imidazole rings is 1. The second-order valence-corrected chi connectivity index (χ2v) is 13.8. The van der Waals surface area contributed by atoms with Gasteiger partial charge in [0, 0.05) is 49.4 Å². The van der Waals surface area contributed by atoms with Crippen LogP contribution in [0.3, 0.4) is 0 Å². The number of rotatable bonds is 5. The molecule has 54 heavy (non-hydrogen) atoms. The summed E-state index contributed by atoms with van der Waals surface area (Å²) in [6.45, 7) is 0. The van der Waals surface area contributed by atoms with Gasteiger partial charge in [0.15, 0.2) is 0 Å². The van der Waals surface area contributed by atoms with Crippen molar-refractivity contribution in [2.45, 2.75) is 0 Å². The normalized spacial score (nSPS) is 11.7. The second kappa shape index (κ2) is 12.1. The highest BCUT2D eigenvalue weighted by Crippen LogP contribution is 2.42. The van der Waals surface area contributed by atoms with Crippen LogP contribution in [0.25, 0.3) is 99.7 Å². The minimum atomic E-state index is 0.927. The zero-order valence-electron chi connectivity index (χ0n) is 29.3. The Morgan fingerprint density at radius 3 is 1.76 bits per heavy atom. The summed E-state index contributed by atoms with van der Waals surface area (Å²) < 4.78 is 4.70. The standard InChI is InChI=1S/C50H32N4/c1-3-14-34(15-4-1)48-42-31-30-40-39-20-8-11-24-45(39)53(49(40)47(42)41-21-7-9-22-43(41)51-48)38-19-13-16-36(32-38)33-26-28-35(29-27-33)50-52-44-23-10-12-25-46(44)54(50)37-17-5-2-6-18-37/h1-32H. The summed E-state index contributed by atoms with van der Waals surface area (Å²) in [6.07, 6.45) is 0. The van der Waals surface area contributed by atoms with Crippen molar-refractivity contribution < 1.29 is 0 Å². The molecule has 0 aliphatic carbocycles. The average molecular weight is 689 g/mol. The maximum atomic E-state index is 5.24. The highest BCUT2D eigenvalue weighted by molar-refractivity contribution is 6.26. The molecule has 0 unspecified atom stereocenters. The van der Waals surface area contributed by atoms with Crippen molar-refractivity contribution in [3.05, 3.63) is 194 Å². The van der Waals surface area contributed by atoms with Crippen molar-refractivity contribution in [1.82, 2.24) is 19.1 Å². The maximum Gasteiger partial charge on any atom is 0.145 e. The summed E-state index contributed by atoms with van der Waals surface area (Å²) in [7, 11) is 0. The predicted octanol–water partition coefficient (Wildman–Crippen LogP) is 12.8. The fourth-order valence-electron chi connectivity index (χ4n) is 8.27. The van der Waals surface area contributed by atoms with Crippen LogP contribution in [-0.4, -0.2) is 19.1 Å². The number of pyridine rings is 1. The molecule has 8 aromatic carbocycles. The van der Waals surface area contributed by atoms with Gasteiger partial charge in [-0.05, 0) is 59.7 Å². The summed E-state index contributed by atoms with van der Waals surface area (Å²) in [5.74, 6) is 0.927. The van der Waals surface area contributed by atoms with Gasteiger partial charge in [-0.2, -0.15) is 0 Å². The fraction of sp³-hybridized carbons (Fsp3) is 0. The molecule has 0 aliphatic rings. The quantitative estimate of drug-likeness (QED) is 0.169. The first-order chi connectivity index (χ1) is 26.8. The van der Waals surface area contributed by atoms with Gasteiger partial charge < -0.3 is 4.57 Å². The number of nitrogens with zero attached hydrogens (tertiary/aromatic N) is 4. The van der Waals surface area contributed by atoms with Crippen LogP contribution >= 0.6 is 0 Å². The first-order valence-corrected chi connectivity index (χ1v) is 18.3. The lowest BCUT2D eigenvalue weighted by molar-refractivity contribution is 1.10. The lowest BCUT2D eigenvalue weighted by Gasteiger charge is -2.15. The van der Waals surface area contributed by atoms with Gasteiger partial charge in [0.1, 0.15) is 5.82 Å². The Kier molecular flexibility index (Phi) is 6.82. The highest BCUT2D eigenvalue weighted by Gasteiger charge is 2.20. The molecule has 3 heterocycles. The molecular formula is C50H32N4. The van der Waals surface area contributed by atoms with Crippen molar-refractivity contribution in [3.63, 3.8) is 0 Å². The van der Waals surface area contributed by atoms with Gasteiger partial charge in [0.05, 0.1) is 33.3 Å². The first kappa shape index (κ1) is 30.3. The minimum Gasteiger partial charge on any atom is -0.309 e. The Morgan fingerprint density at radius 2 is 0.944 bits per heavy atom. The van der Waals surface area contributed by atoms with E-state index in [1.165, 1.54) is 27.2 Å². The zero-order chi connectivity index (χ0) is 35.6. The molecule has 0 spiro atoms. The predicted molar refractivity (Wildman–Crippen MR) is 225 cm³/mol. The Hall–Kier alpha value is -7.30. The minimum absolute atomic E-state index is 0.927. The van der Waals surface area contributed by atoms with Crippen LogP contribution in [0, 0.1) is 0 Å². The fourth-order valence-corrected chi connectivity index (χ4v) is 8.27. The number of hydrogen-bond donors (Lipinski definition) is 0. The summed E-state index contributed by atoms with van der Waals surface area (Å²) in [6, 6.07) is 69.0. The molecule has 0 bridgehead atoms. The van der Waals surface area contributed by atoms with E-state index in [9.17, 15) is 0 Å². The third-order valence-corrected chi connectivity index (χ3v) is 10.7. The van der Waals surface area contributed by atoms with E-state index in [4.69, 9.17) is 9.97 Å². The summed E-state index contributed by atoms with van der Waals surface area (Å²) in [5.41, 5.74) is 13.1. The van der Waals surface area contributed by atoms with E-state index < -0.39 is 0 Å². The summed E-state index contributed by atoms with van der Waals surface area (Å²) in [5, 5.41) is 5.96. The topological polar surface area (TPSA) is 35.6 Å². The molecule has 252 valence electrons. The largest absolute Gasteiger partial charge is 0.309 e. The molecule has 0 saturated carbocycles. The SMILES string of the molecule is c1ccc(-c2nc3ccccc3c3c2ccc2c4ccccc4n(-c4cccc(-c5ccc(-c6nc7ccccc7n6-c6ccccc6)cc5)c4)c23)cc1. The van der Waals surface area contributed by atoms with Gasteiger partial charge in [-0.25, -0.2) is 9.97 Å². The van der Waals surface area contributed by atoms with E-state index in [-0.39, 0.29) is 0 Å². The van der Waals surface area contributed by atoms with E-state index in [2.05, 4.69) is 191 Å². The number of hydrogen-bond acceptors (Lipinski definition) is 2. The van der Waals surface area contributed by atoms with Crippen LogP contribution in [-0.2, 0) is 0 Å². The molecule has 0 fully saturated rings. The molecule has 0 aliphatic heterocycles. The first-order valence-electron chi connectivity index (χ1n) is 18.3. The maximum absolute atomic E-state index is 5.24. The molecule has 11 aromatic rings. The van der Waals surface area contributed by atoms with Crippen molar-refractivity contribution in [1.29, 1.82) is 0 Å². The molecule has 0 amide bonds. The molecule has 0 radical (unpaired) electrons. The zero-order valence-corrected chi connectivity index (χ0v) is 29.3. The monoisotopic (exact) mass is 688 g/mol. The number of benzene rings is 8. The Morgan fingerprint density at radius 1 is 0.333 bits per heavy atom. The smallest absolute Gasteiger partial charge is 0.145 e. The van der Waals surface area contributed by atoms with E-state index in [0.29, 0.717) is 0 Å². The summed E-state index contributed by atoms with van der Waals surface area (Å²) >= 11 is 0. The molecule has 0 saturated heterocycles. The summed E-state index contributed by atoms with van der Waals surface area (Å²) in [4.78, 5) is 10.3. The van der Waals surface area contributed by atoms with Crippen LogP contribution in [0.15, 0.2) is 194 Å². The molecule has 0 atom stereocenters. The molecular weight excluding hydrogens is 657 g/mol. The van der Waals surface area contributed by atoms with Gasteiger partial charge in [-0.1, -0.05) is 146 Å². The third kappa shape index (κ3) is 4.70. The molecule has 4 heteroatoms. The second-order valence-electron chi connectivity index (χ2n) is 13.8. The molecule has 3 aromatic heterocycles.